The Morgan fingerprint density at radius 2 is 1.83 bits per heavy atom. The van der Waals surface area contributed by atoms with Crippen LogP contribution in [0, 0.1) is 6.92 Å². The van der Waals surface area contributed by atoms with Crippen molar-refractivity contribution >= 4 is 28.4 Å². The molecule has 2 aromatic heterocycles. The molecule has 2 heterocycles. The van der Waals surface area contributed by atoms with Gasteiger partial charge in [-0.15, -0.1) is 0 Å². The first-order chi connectivity index (χ1) is 14.7. The summed E-state index contributed by atoms with van der Waals surface area (Å²) in [7, 11) is 0. The zero-order valence-electron chi connectivity index (χ0n) is 17.2. The number of rotatable bonds is 7. The summed E-state index contributed by atoms with van der Waals surface area (Å²) in [6.07, 6.45) is 2.75. The number of hydrogen-bond acceptors (Lipinski definition) is 4. The van der Waals surface area contributed by atoms with Crippen LogP contribution in [0.2, 0.25) is 0 Å². The Kier molecular flexibility index (Phi) is 5.75. The van der Waals surface area contributed by atoms with Crippen LogP contribution in [0.25, 0.3) is 10.9 Å². The number of hydrogen-bond donors (Lipinski definition) is 2. The van der Waals surface area contributed by atoms with Crippen LogP contribution in [0.15, 0.2) is 66.9 Å². The number of para-hydroxylation sites is 2. The number of benzene rings is 2. The molecule has 0 atom stereocenters. The van der Waals surface area contributed by atoms with Crippen molar-refractivity contribution in [2.75, 3.05) is 18.0 Å². The predicted octanol–water partition coefficient (Wildman–Crippen LogP) is 4.40. The van der Waals surface area contributed by atoms with Gasteiger partial charge in [0.1, 0.15) is 5.69 Å². The second-order valence-corrected chi connectivity index (χ2v) is 7.14. The fraction of sp³-hybridized carbons (Fsp3) is 0.208. The standard InChI is InChI=1S/C24H25N5O/c1-3-29(19-9-5-4-6-10-19)24-27-17(2)15-22(28-24)23(30)25-14-13-18-16-26-21-12-8-7-11-20(18)21/h4-12,15-16,26H,3,13-14H2,1-2H3,(H,25,30). The van der Waals surface area contributed by atoms with E-state index < -0.39 is 0 Å². The third-order valence-corrected chi connectivity index (χ3v) is 5.06. The molecule has 2 N–H and O–H groups in total. The molecule has 0 aliphatic carbocycles. The number of aryl methyl sites for hydroxylation is 1. The molecule has 152 valence electrons. The van der Waals surface area contributed by atoms with E-state index in [-0.39, 0.29) is 5.91 Å². The Balaban J connectivity index is 1.47. The van der Waals surface area contributed by atoms with E-state index in [2.05, 4.69) is 32.4 Å². The monoisotopic (exact) mass is 399 g/mol. The van der Waals surface area contributed by atoms with Gasteiger partial charge in [0.2, 0.25) is 5.95 Å². The zero-order chi connectivity index (χ0) is 20.9. The highest BCUT2D eigenvalue weighted by molar-refractivity contribution is 5.92. The molecule has 0 aliphatic heterocycles. The van der Waals surface area contributed by atoms with Gasteiger partial charge in [0.25, 0.3) is 5.91 Å². The van der Waals surface area contributed by atoms with Crippen molar-refractivity contribution in [1.82, 2.24) is 20.3 Å². The molecule has 0 bridgehead atoms. The number of aromatic amines is 1. The fourth-order valence-corrected chi connectivity index (χ4v) is 3.58. The minimum absolute atomic E-state index is 0.189. The lowest BCUT2D eigenvalue weighted by atomic mass is 10.1. The smallest absolute Gasteiger partial charge is 0.270 e. The first-order valence-corrected chi connectivity index (χ1v) is 10.2. The number of H-pyrrole nitrogens is 1. The highest BCUT2D eigenvalue weighted by atomic mass is 16.1. The third-order valence-electron chi connectivity index (χ3n) is 5.06. The van der Waals surface area contributed by atoms with E-state index in [9.17, 15) is 4.79 Å². The molecule has 30 heavy (non-hydrogen) atoms. The number of anilines is 2. The van der Waals surface area contributed by atoms with Crippen molar-refractivity contribution in [2.24, 2.45) is 0 Å². The van der Waals surface area contributed by atoms with Gasteiger partial charge in [0.15, 0.2) is 0 Å². The number of fused-ring (bicyclic) bond motifs is 1. The maximum Gasteiger partial charge on any atom is 0.270 e. The average Bonchev–Trinajstić information content (AvgIpc) is 3.18. The molecule has 2 aromatic carbocycles. The number of nitrogens with zero attached hydrogens (tertiary/aromatic N) is 3. The van der Waals surface area contributed by atoms with E-state index in [1.165, 1.54) is 10.9 Å². The van der Waals surface area contributed by atoms with Crippen LogP contribution in [0.4, 0.5) is 11.6 Å². The van der Waals surface area contributed by atoms with Gasteiger partial charge in [-0.25, -0.2) is 9.97 Å². The summed E-state index contributed by atoms with van der Waals surface area (Å²) in [5.74, 6) is 0.344. The van der Waals surface area contributed by atoms with Gasteiger partial charge in [0.05, 0.1) is 0 Å². The van der Waals surface area contributed by atoms with E-state index in [1.54, 1.807) is 6.07 Å². The second-order valence-electron chi connectivity index (χ2n) is 7.14. The fourth-order valence-electron chi connectivity index (χ4n) is 3.58. The molecule has 4 aromatic rings. The summed E-state index contributed by atoms with van der Waals surface area (Å²) in [6, 6.07) is 19.8. The van der Waals surface area contributed by atoms with Crippen molar-refractivity contribution in [2.45, 2.75) is 20.3 Å². The lowest BCUT2D eigenvalue weighted by Crippen LogP contribution is -2.28. The number of aromatic nitrogens is 3. The van der Waals surface area contributed by atoms with Crippen molar-refractivity contribution in [3.8, 4) is 0 Å². The normalized spacial score (nSPS) is 10.9. The molecular weight excluding hydrogens is 374 g/mol. The minimum Gasteiger partial charge on any atom is -0.361 e. The molecule has 6 nitrogen and oxygen atoms in total. The lowest BCUT2D eigenvalue weighted by Gasteiger charge is -2.21. The molecule has 0 unspecified atom stereocenters. The van der Waals surface area contributed by atoms with Gasteiger partial charge < -0.3 is 15.2 Å². The first-order valence-electron chi connectivity index (χ1n) is 10.2. The van der Waals surface area contributed by atoms with Gasteiger partial charge >= 0.3 is 0 Å². The molecular formula is C24H25N5O. The van der Waals surface area contributed by atoms with E-state index >= 15 is 0 Å². The summed E-state index contributed by atoms with van der Waals surface area (Å²) in [6.45, 7) is 5.16. The Labute approximate surface area is 176 Å². The third kappa shape index (κ3) is 4.17. The molecule has 6 heteroatoms. The molecule has 1 amide bonds. The largest absolute Gasteiger partial charge is 0.361 e. The summed E-state index contributed by atoms with van der Waals surface area (Å²) >= 11 is 0. The highest BCUT2D eigenvalue weighted by Gasteiger charge is 2.15. The molecule has 4 rings (SSSR count). The molecule has 0 radical (unpaired) electrons. The Bertz CT molecular complexity index is 1150. The van der Waals surface area contributed by atoms with Crippen LogP contribution >= 0.6 is 0 Å². The SMILES string of the molecule is CCN(c1ccccc1)c1nc(C)cc(C(=O)NCCc2c[nH]c3ccccc23)n1. The van der Waals surface area contributed by atoms with Gasteiger partial charge in [0, 0.05) is 41.6 Å². The van der Waals surface area contributed by atoms with E-state index in [1.807, 2.05) is 67.4 Å². The lowest BCUT2D eigenvalue weighted by molar-refractivity contribution is 0.0949. The van der Waals surface area contributed by atoms with Crippen molar-refractivity contribution in [3.05, 3.63) is 83.8 Å². The van der Waals surface area contributed by atoms with E-state index in [4.69, 9.17) is 0 Å². The number of amides is 1. The molecule has 0 spiro atoms. The molecule has 0 fully saturated rings. The summed E-state index contributed by atoms with van der Waals surface area (Å²) in [5.41, 5.74) is 4.43. The minimum atomic E-state index is -0.189. The van der Waals surface area contributed by atoms with Gasteiger partial charge in [-0.3, -0.25) is 4.79 Å². The quantitative estimate of drug-likeness (QED) is 0.483. The average molecular weight is 399 g/mol. The Morgan fingerprint density at radius 3 is 2.63 bits per heavy atom. The topological polar surface area (TPSA) is 73.9 Å². The molecule has 0 saturated carbocycles. The van der Waals surface area contributed by atoms with Gasteiger partial charge in [-0.05, 0) is 50.1 Å². The van der Waals surface area contributed by atoms with Crippen molar-refractivity contribution < 1.29 is 4.79 Å². The molecule has 0 aliphatic rings. The Morgan fingerprint density at radius 1 is 1.07 bits per heavy atom. The molecule has 0 saturated heterocycles. The summed E-state index contributed by atoms with van der Waals surface area (Å²) < 4.78 is 0. The van der Waals surface area contributed by atoms with Crippen LogP contribution in [0.1, 0.15) is 28.7 Å². The van der Waals surface area contributed by atoms with Crippen LogP contribution in [0.3, 0.4) is 0 Å². The predicted molar refractivity (Wildman–Crippen MR) is 120 cm³/mol. The highest BCUT2D eigenvalue weighted by Crippen LogP contribution is 2.22. The number of nitrogens with one attached hydrogen (secondary N) is 2. The van der Waals surface area contributed by atoms with Gasteiger partial charge in [-0.2, -0.15) is 0 Å². The number of carbonyl (C=O) groups excluding carboxylic acids is 1. The maximum atomic E-state index is 12.8. The van der Waals surface area contributed by atoms with E-state index in [0.29, 0.717) is 24.7 Å². The second kappa shape index (κ2) is 8.78. The van der Waals surface area contributed by atoms with Crippen LogP contribution in [-0.2, 0) is 6.42 Å². The summed E-state index contributed by atoms with van der Waals surface area (Å²) in [5, 5.41) is 4.18. The zero-order valence-corrected chi connectivity index (χ0v) is 17.2. The van der Waals surface area contributed by atoms with Crippen LogP contribution in [0.5, 0.6) is 0 Å². The number of carbonyl (C=O) groups is 1. The maximum absolute atomic E-state index is 12.8. The Hall–Kier alpha value is -3.67. The summed E-state index contributed by atoms with van der Waals surface area (Å²) in [4.78, 5) is 27.1. The van der Waals surface area contributed by atoms with E-state index in [0.717, 1.165) is 23.3 Å². The van der Waals surface area contributed by atoms with Gasteiger partial charge in [-0.1, -0.05) is 36.4 Å². The van der Waals surface area contributed by atoms with Crippen LogP contribution in [-0.4, -0.2) is 33.9 Å². The van der Waals surface area contributed by atoms with Crippen molar-refractivity contribution in [1.29, 1.82) is 0 Å². The first kappa shape index (κ1) is 19.6. The van der Waals surface area contributed by atoms with Crippen LogP contribution < -0.4 is 10.2 Å². The van der Waals surface area contributed by atoms with Crippen molar-refractivity contribution in [3.63, 3.8) is 0 Å².